The topological polar surface area (TPSA) is 78.9 Å². The maximum absolute atomic E-state index is 14.2. The molecular formula is C30H39BrN2O4. The van der Waals surface area contributed by atoms with E-state index < -0.39 is 23.2 Å². The molecule has 0 radical (unpaired) electrons. The van der Waals surface area contributed by atoms with Crippen LogP contribution in [0.2, 0.25) is 0 Å². The van der Waals surface area contributed by atoms with Gasteiger partial charge in [0.05, 0.1) is 11.5 Å². The summed E-state index contributed by atoms with van der Waals surface area (Å²) in [5.41, 5.74) is 1.24. The Morgan fingerprint density at radius 1 is 1.05 bits per heavy atom. The number of nitrogens with one attached hydrogen (secondary N) is 1. The summed E-state index contributed by atoms with van der Waals surface area (Å²) in [6.45, 7) is 6.59. The Labute approximate surface area is 228 Å². The summed E-state index contributed by atoms with van der Waals surface area (Å²) in [5, 5.41) is 14.9. The Kier molecular flexibility index (Phi) is 8.64. The molecule has 1 saturated carbocycles. The third kappa shape index (κ3) is 6.94. The number of nitrogens with zero attached hydrogens (tertiary/aromatic N) is 1. The van der Waals surface area contributed by atoms with E-state index in [-0.39, 0.29) is 11.9 Å². The van der Waals surface area contributed by atoms with E-state index in [1.807, 2.05) is 68.1 Å². The van der Waals surface area contributed by atoms with Crippen molar-refractivity contribution in [3.63, 3.8) is 0 Å². The highest BCUT2D eigenvalue weighted by Crippen LogP contribution is 2.44. The molecule has 2 amide bonds. The summed E-state index contributed by atoms with van der Waals surface area (Å²) in [6, 6.07) is 16.0. The highest BCUT2D eigenvalue weighted by atomic mass is 79.9. The molecule has 2 aromatic rings. The lowest BCUT2D eigenvalue weighted by Gasteiger charge is -2.43. The number of carbonyl (C=O) groups excluding carboxylic acids is 2. The van der Waals surface area contributed by atoms with E-state index in [4.69, 9.17) is 4.74 Å². The summed E-state index contributed by atoms with van der Waals surface area (Å²) in [6.07, 6.45) is 5.04. The Bertz CT molecular complexity index is 1100. The van der Waals surface area contributed by atoms with Crippen molar-refractivity contribution in [2.45, 2.75) is 88.9 Å². The van der Waals surface area contributed by atoms with Gasteiger partial charge in [-0.2, -0.15) is 0 Å². The largest absolute Gasteiger partial charge is 0.444 e. The summed E-state index contributed by atoms with van der Waals surface area (Å²) in [4.78, 5) is 28.3. The zero-order valence-corrected chi connectivity index (χ0v) is 23.7. The normalized spacial score (nSPS) is 19.2. The van der Waals surface area contributed by atoms with Crippen LogP contribution in [-0.4, -0.2) is 52.3 Å². The molecule has 1 aliphatic carbocycles. The first-order chi connectivity index (χ1) is 17.6. The second kappa shape index (κ2) is 11.6. The second-order valence-corrected chi connectivity index (χ2v) is 12.4. The average molecular weight is 572 g/mol. The first-order valence-corrected chi connectivity index (χ1v) is 14.2. The summed E-state index contributed by atoms with van der Waals surface area (Å²) in [5.74, 6) is -0.666. The molecule has 2 aromatic carbocycles. The van der Waals surface area contributed by atoms with Gasteiger partial charge < -0.3 is 20.1 Å². The monoisotopic (exact) mass is 570 g/mol. The number of alkyl carbamates (subject to hydrolysis) is 1. The van der Waals surface area contributed by atoms with Crippen LogP contribution in [0.5, 0.6) is 0 Å². The van der Waals surface area contributed by atoms with E-state index in [1.165, 1.54) is 0 Å². The predicted octanol–water partition coefficient (Wildman–Crippen LogP) is 6.41. The number of ether oxygens (including phenoxy) is 1. The maximum Gasteiger partial charge on any atom is 0.407 e. The number of hydrogen-bond acceptors (Lipinski definition) is 4. The number of hydrogen-bond donors (Lipinski definition) is 2. The minimum Gasteiger partial charge on any atom is -0.444 e. The molecular weight excluding hydrogens is 532 g/mol. The van der Waals surface area contributed by atoms with Crippen LogP contribution in [0.25, 0.3) is 11.1 Å². The van der Waals surface area contributed by atoms with Crippen molar-refractivity contribution in [2.24, 2.45) is 0 Å². The lowest BCUT2D eigenvalue weighted by Crippen LogP contribution is -2.52. The molecule has 37 heavy (non-hydrogen) atoms. The van der Waals surface area contributed by atoms with E-state index >= 15 is 0 Å². The number of carbonyl (C=O) groups is 2. The first kappa shape index (κ1) is 27.6. The van der Waals surface area contributed by atoms with Crippen LogP contribution >= 0.6 is 15.9 Å². The number of likely N-dealkylation sites (tertiary alicyclic amines) is 1. The molecule has 2 N–H and O–H groups in total. The Morgan fingerprint density at radius 3 is 2.38 bits per heavy atom. The Morgan fingerprint density at radius 2 is 1.73 bits per heavy atom. The second-order valence-electron chi connectivity index (χ2n) is 11.4. The van der Waals surface area contributed by atoms with Crippen LogP contribution in [-0.2, 0) is 9.53 Å². The van der Waals surface area contributed by atoms with Crippen LogP contribution in [0.15, 0.2) is 53.0 Å². The quantitative estimate of drug-likeness (QED) is 0.435. The number of aliphatic hydroxyl groups is 1. The molecule has 7 heteroatoms. The van der Waals surface area contributed by atoms with Crippen molar-refractivity contribution in [2.75, 3.05) is 13.1 Å². The number of piperidine rings is 1. The number of amides is 2. The minimum atomic E-state index is -1.08. The van der Waals surface area contributed by atoms with Crippen molar-refractivity contribution in [1.82, 2.24) is 10.2 Å². The number of halogens is 1. The minimum absolute atomic E-state index is 0.0254. The molecule has 0 bridgehead atoms. The molecule has 0 aromatic heterocycles. The Balaban J connectivity index is 1.58. The van der Waals surface area contributed by atoms with Gasteiger partial charge in [0.1, 0.15) is 5.60 Å². The summed E-state index contributed by atoms with van der Waals surface area (Å²) in [7, 11) is 0. The van der Waals surface area contributed by atoms with E-state index in [9.17, 15) is 14.7 Å². The van der Waals surface area contributed by atoms with Gasteiger partial charge in [0.25, 0.3) is 0 Å². The van der Waals surface area contributed by atoms with Crippen molar-refractivity contribution in [3.05, 3.63) is 58.6 Å². The first-order valence-electron chi connectivity index (χ1n) is 13.4. The molecule has 4 rings (SSSR count). The lowest BCUT2D eigenvalue weighted by molar-refractivity contribution is -0.142. The molecule has 2 fully saturated rings. The van der Waals surface area contributed by atoms with Crippen molar-refractivity contribution in [1.29, 1.82) is 0 Å². The zero-order chi connectivity index (χ0) is 26.6. The standard InChI is InChI=1S/C30H39BrN2O4/c1-29(2,3)37-28(35)32-23-14-18-33(19-15-23)27(34)26(30(36)16-7-4-8-17-30)25-13-6-5-12-24(25)21-10-9-11-22(31)20-21/h5-6,9-13,20,23,26,36H,4,7-8,14-19H2,1-3H3,(H,32,35). The molecule has 2 aliphatic rings. The van der Waals surface area contributed by atoms with Crippen LogP contribution in [0.1, 0.15) is 77.2 Å². The van der Waals surface area contributed by atoms with Gasteiger partial charge in [-0.05, 0) is 75.3 Å². The van der Waals surface area contributed by atoms with Gasteiger partial charge in [0.15, 0.2) is 0 Å². The lowest BCUT2D eigenvalue weighted by atomic mass is 9.70. The van der Waals surface area contributed by atoms with Gasteiger partial charge >= 0.3 is 6.09 Å². The van der Waals surface area contributed by atoms with E-state index in [1.54, 1.807) is 0 Å². The molecule has 200 valence electrons. The van der Waals surface area contributed by atoms with Crippen molar-refractivity contribution >= 4 is 27.9 Å². The number of rotatable bonds is 5. The maximum atomic E-state index is 14.2. The third-order valence-electron chi connectivity index (χ3n) is 7.44. The summed E-state index contributed by atoms with van der Waals surface area (Å²) < 4.78 is 6.37. The fraction of sp³-hybridized carbons (Fsp3) is 0.533. The molecule has 1 aliphatic heterocycles. The van der Waals surface area contributed by atoms with Gasteiger partial charge in [-0.1, -0.05) is 71.6 Å². The molecule has 1 heterocycles. The van der Waals surface area contributed by atoms with Crippen LogP contribution in [0.4, 0.5) is 4.79 Å². The molecule has 1 unspecified atom stereocenters. The van der Waals surface area contributed by atoms with Crippen molar-refractivity contribution < 1.29 is 19.4 Å². The van der Waals surface area contributed by atoms with Crippen LogP contribution < -0.4 is 5.32 Å². The van der Waals surface area contributed by atoms with Crippen LogP contribution in [0.3, 0.4) is 0 Å². The SMILES string of the molecule is CC(C)(C)OC(=O)NC1CCN(C(=O)C(c2ccccc2-c2cccc(Br)c2)C2(O)CCCCC2)CC1. The number of benzene rings is 2. The third-order valence-corrected chi connectivity index (χ3v) is 7.93. The molecule has 1 atom stereocenters. The summed E-state index contributed by atoms with van der Waals surface area (Å²) >= 11 is 3.57. The van der Waals surface area contributed by atoms with Crippen LogP contribution in [0, 0.1) is 0 Å². The average Bonchev–Trinajstić information content (AvgIpc) is 2.84. The van der Waals surface area contributed by atoms with Gasteiger partial charge in [0.2, 0.25) is 5.91 Å². The van der Waals surface area contributed by atoms with Crippen molar-refractivity contribution in [3.8, 4) is 11.1 Å². The fourth-order valence-electron chi connectivity index (χ4n) is 5.67. The fourth-order valence-corrected chi connectivity index (χ4v) is 6.07. The van der Waals surface area contributed by atoms with E-state index in [0.29, 0.717) is 38.8 Å². The van der Waals surface area contributed by atoms with E-state index in [0.717, 1.165) is 40.4 Å². The van der Waals surface area contributed by atoms with Gasteiger partial charge in [0, 0.05) is 23.6 Å². The zero-order valence-electron chi connectivity index (χ0n) is 22.1. The molecule has 1 saturated heterocycles. The highest BCUT2D eigenvalue weighted by molar-refractivity contribution is 9.10. The highest BCUT2D eigenvalue weighted by Gasteiger charge is 2.46. The smallest absolute Gasteiger partial charge is 0.407 e. The van der Waals surface area contributed by atoms with Gasteiger partial charge in [-0.3, -0.25) is 4.79 Å². The van der Waals surface area contributed by atoms with E-state index in [2.05, 4.69) is 27.3 Å². The molecule has 6 nitrogen and oxygen atoms in total. The predicted molar refractivity (Wildman–Crippen MR) is 149 cm³/mol. The molecule has 0 spiro atoms. The van der Waals surface area contributed by atoms with Gasteiger partial charge in [-0.15, -0.1) is 0 Å². The van der Waals surface area contributed by atoms with Gasteiger partial charge in [-0.25, -0.2) is 4.79 Å². The Hall–Kier alpha value is -2.38.